The number of hydrogen-bond donors (Lipinski definition) is 1. The van der Waals surface area contributed by atoms with Crippen molar-refractivity contribution in [3.63, 3.8) is 0 Å². The molecule has 4 heteroatoms. The van der Waals surface area contributed by atoms with E-state index in [0.717, 1.165) is 18.3 Å². The molecule has 0 unspecified atom stereocenters. The fourth-order valence-electron chi connectivity index (χ4n) is 3.04. The fourth-order valence-corrected chi connectivity index (χ4v) is 4.27. The Labute approximate surface area is 115 Å². The average Bonchev–Trinajstić information content (AvgIpc) is 2.92. The predicted octanol–water partition coefficient (Wildman–Crippen LogP) is 2.26. The fraction of sp³-hybridized carbons (Fsp3) is 0.929. The van der Waals surface area contributed by atoms with Crippen LogP contribution >= 0.6 is 11.8 Å². The smallest absolute Gasteiger partial charge is 0.236 e. The molecule has 3 nitrogen and oxygen atoms in total. The maximum absolute atomic E-state index is 12.0. The molecule has 104 valence electrons. The Morgan fingerprint density at radius 2 is 1.94 bits per heavy atom. The lowest BCUT2D eigenvalue weighted by Gasteiger charge is -2.32. The third kappa shape index (κ3) is 3.89. The molecule has 1 saturated carbocycles. The van der Waals surface area contributed by atoms with Crippen LogP contribution in [0.1, 0.15) is 45.4 Å². The van der Waals surface area contributed by atoms with Crippen LogP contribution in [-0.2, 0) is 4.79 Å². The Hall–Kier alpha value is -0.220. The van der Waals surface area contributed by atoms with Crippen LogP contribution in [0.25, 0.3) is 0 Å². The molecule has 2 fully saturated rings. The van der Waals surface area contributed by atoms with Gasteiger partial charge in [0.1, 0.15) is 0 Å². The minimum Gasteiger partial charge on any atom is -0.342 e. The van der Waals surface area contributed by atoms with E-state index in [1.807, 2.05) is 4.90 Å². The first-order valence-electron chi connectivity index (χ1n) is 7.44. The average molecular weight is 270 g/mol. The maximum atomic E-state index is 12.0. The standard InChI is InChI=1S/C14H26N2OS/c1-2-18-13-8-4-3-7-12(13)15-11-14(17)16-9-5-6-10-16/h12-13,15H,2-11H2,1H3/t12-,13+/m1/s1. The van der Waals surface area contributed by atoms with E-state index in [-0.39, 0.29) is 0 Å². The van der Waals surface area contributed by atoms with Crippen LogP contribution in [0.2, 0.25) is 0 Å². The maximum Gasteiger partial charge on any atom is 0.236 e. The molecule has 18 heavy (non-hydrogen) atoms. The molecular weight excluding hydrogens is 244 g/mol. The molecule has 0 aromatic rings. The van der Waals surface area contributed by atoms with Crippen molar-refractivity contribution in [1.29, 1.82) is 0 Å². The van der Waals surface area contributed by atoms with Crippen LogP contribution in [0.5, 0.6) is 0 Å². The summed E-state index contributed by atoms with van der Waals surface area (Å²) in [6.07, 6.45) is 7.60. The summed E-state index contributed by atoms with van der Waals surface area (Å²) in [6.45, 7) is 4.72. The molecule has 2 rings (SSSR count). The zero-order valence-electron chi connectivity index (χ0n) is 11.5. The highest BCUT2D eigenvalue weighted by Crippen LogP contribution is 2.28. The Morgan fingerprint density at radius 3 is 2.67 bits per heavy atom. The monoisotopic (exact) mass is 270 g/mol. The minimum absolute atomic E-state index is 0.304. The third-order valence-corrected chi connectivity index (χ3v) is 5.38. The molecule has 1 N–H and O–H groups in total. The highest BCUT2D eigenvalue weighted by atomic mass is 32.2. The number of hydrogen-bond acceptors (Lipinski definition) is 3. The van der Waals surface area contributed by atoms with Crippen molar-refractivity contribution in [2.45, 2.75) is 56.7 Å². The third-order valence-electron chi connectivity index (χ3n) is 4.06. The highest BCUT2D eigenvalue weighted by Gasteiger charge is 2.26. The molecule has 1 saturated heterocycles. The van der Waals surface area contributed by atoms with Crippen LogP contribution in [0.4, 0.5) is 0 Å². The molecule has 0 spiro atoms. The van der Waals surface area contributed by atoms with Crippen molar-refractivity contribution in [2.24, 2.45) is 0 Å². The molecule has 0 radical (unpaired) electrons. The topological polar surface area (TPSA) is 32.3 Å². The quantitative estimate of drug-likeness (QED) is 0.832. The molecule has 1 aliphatic heterocycles. The highest BCUT2D eigenvalue weighted by molar-refractivity contribution is 7.99. The van der Waals surface area contributed by atoms with Crippen LogP contribution in [0.15, 0.2) is 0 Å². The van der Waals surface area contributed by atoms with Crippen LogP contribution in [0.3, 0.4) is 0 Å². The lowest BCUT2D eigenvalue weighted by molar-refractivity contribution is -0.129. The number of carbonyl (C=O) groups is 1. The lowest BCUT2D eigenvalue weighted by atomic mass is 9.95. The van der Waals surface area contributed by atoms with E-state index in [0.29, 0.717) is 18.5 Å². The van der Waals surface area contributed by atoms with Crippen LogP contribution in [-0.4, -0.2) is 47.5 Å². The molecule has 0 bridgehead atoms. The summed E-state index contributed by atoms with van der Waals surface area (Å²) < 4.78 is 0. The summed E-state index contributed by atoms with van der Waals surface area (Å²) in [5.41, 5.74) is 0. The summed E-state index contributed by atoms with van der Waals surface area (Å²) in [5.74, 6) is 1.49. The van der Waals surface area contributed by atoms with Crippen LogP contribution in [0, 0.1) is 0 Å². The normalized spacial score (nSPS) is 28.6. The summed E-state index contributed by atoms with van der Waals surface area (Å²) in [4.78, 5) is 14.0. The van der Waals surface area contributed by atoms with Gasteiger partial charge in [-0.3, -0.25) is 4.79 Å². The largest absolute Gasteiger partial charge is 0.342 e. The second-order valence-electron chi connectivity index (χ2n) is 5.35. The first-order valence-corrected chi connectivity index (χ1v) is 8.49. The van der Waals surface area contributed by atoms with Gasteiger partial charge in [-0.05, 0) is 31.4 Å². The number of thioether (sulfide) groups is 1. The second kappa shape index (κ2) is 7.39. The molecular formula is C14H26N2OS. The zero-order valence-corrected chi connectivity index (χ0v) is 12.3. The van der Waals surface area contributed by atoms with E-state index in [1.54, 1.807) is 0 Å². The summed E-state index contributed by atoms with van der Waals surface area (Å²) >= 11 is 2.06. The molecule has 2 aliphatic rings. The van der Waals surface area contributed by atoms with Gasteiger partial charge in [-0.25, -0.2) is 0 Å². The van der Waals surface area contributed by atoms with Gasteiger partial charge < -0.3 is 10.2 Å². The Balaban J connectivity index is 1.74. The van der Waals surface area contributed by atoms with E-state index >= 15 is 0 Å². The summed E-state index contributed by atoms with van der Waals surface area (Å²) in [7, 11) is 0. The van der Waals surface area contributed by atoms with E-state index in [9.17, 15) is 4.79 Å². The molecule has 1 amide bonds. The van der Waals surface area contributed by atoms with E-state index in [4.69, 9.17) is 0 Å². The molecule has 0 aromatic carbocycles. The molecule has 1 aliphatic carbocycles. The minimum atomic E-state index is 0.304. The SMILES string of the molecule is CCS[C@H]1CCCC[C@H]1NCC(=O)N1CCCC1. The van der Waals surface area contributed by atoms with Gasteiger partial charge in [0, 0.05) is 24.4 Å². The Kier molecular flexibility index (Phi) is 5.83. The van der Waals surface area contributed by atoms with E-state index < -0.39 is 0 Å². The predicted molar refractivity (Wildman–Crippen MR) is 78.0 cm³/mol. The van der Waals surface area contributed by atoms with Crippen molar-refractivity contribution in [1.82, 2.24) is 10.2 Å². The number of carbonyl (C=O) groups excluding carboxylic acids is 1. The first-order chi connectivity index (χ1) is 8.81. The first kappa shape index (κ1) is 14.2. The van der Waals surface area contributed by atoms with E-state index in [1.165, 1.54) is 44.3 Å². The van der Waals surface area contributed by atoms with Gasteiger partial charge in [0.05, 0.1) is 6.54 Å². The number of amides is 1. The van der Waals surface area contributed by atoms with Gasteiger partial charge >= 0.3 is 0 Å². The lowest BCUT2D eigenvalue weighted by Crippen LogP contribution is -2.46. The van der Waals surface area contributed by atoms with Gasteiger partial charge in [0.2, 0.25) is 5.91 Å². The van der Waals surface area contributed by atoms with Crippen molar-refractivity contribution in [2.75, 3.05) is 25.4 Å². The van der Waals surface area contributed by atoms with E-state index in [2.05, 4.69) is 24.0 Å². The van der Waals surface area contributed by atoms with Gasteiger partial charge in [-0.2, -0.15) is 11.8 Å². The molecule has 2 atom stereocenters. The second-order valence-corrected chi connectivity index (χ2v) is 6.87. The number of nitrogens with zero attached hydrogens (tertiary/aromatic N) is 1. The van der Waals surface area contributed by atoms with Crippen molar-refractivity contribution in [3.8, 4) is 0 Å². The number of rotatable bonds is 5. The van der Waals surface area contributed by atoms with Crippen molar-refractivity contribution in [3.05, 3.63) is 0 Å². The van der Waals surface area contributed by atoms with Gasteiger partial charge in [0.25, 0.3) is 0 Å². The number of likely N-dealkylation sites (tertiary alicyclic amines) is 1. The summed E-state index contributed by atoms with van der Waals surface area (Å²) in [5, 5.41) is 4.24. The van der Waals surface area contributed by atoms with Crippen molar-refractivity contribution < 1.29 is 4.79 Å². The Bertz CT molecular complexity index is 265. The Morgan fingerprint density at radius 1 is 1.22 bits per heavy atom. The molecule has 1 heterocycles. The van der Waals surface area contributed by atoms with Crippen molar-refractivity contribution >= 4 is 17.7 Å². The zero-order chi connectivity index (χ0) is 12.8. The molecule has 0 aromatic heterocycles. The summed E-state index contributed by atoms with van der Waals surface area (Å²) in [6, 6.07) is 0.551. The van der Waals surface area contributed by atoms with Gasteiger partial charge in [0.15, 0.2) is 0 Å². The van der Waals surface area contributed by atoms with Gasteiger partial charge in [-0.1, -0.05) is 19.8 Å². The van der Waals surface area contributed by atoms with Crippen LogP contribution < -0.4 is 5.32 Å². The number of nitrogens with one attached hydrogen (secondary N) is 1. The van der Waals surface area contributed by atoms with Gasteiger partial charge in [-0.15, -0.1) is 0 Å².